The van der Waals surface area contributed by atoms with Crippen molar-refractivity contribution in [3.8, 4) is 0 Å². The molecule has 144 valence electrons. The van der Waals surface area contributed by atoms with Crippen molar-refractivity contribution in [2.24, 2.45) is 16.5 Å². The molecule has 0 unspecified atom stereocenters. The number of hydrogen-bond donors (Lipinski definition) is 4. The highest BCUT2D eigenvalue weighted by atomic mass is 32.2. The maximum Gasteiger partial charge on any atom is 0.261 e. The number of benzene rings is 2. The van der Waals surface area contributed by atoms with E-state index < -0.39 is 10.0 Å². The highest BCUT2D eigenvalue weighted by molar-refractivity contribution is 7.92. The van der Waals surface area contributed by atoms with Crippen LogP contribution in [0.25, 0.3) is 0 Å². The van der Waals surface area contributed by atoms with Crippen LogP contribution >= 0.6 is 0 Å². The molecule has 0 aliphatic carbocycles. The van der Waals surface area contributed by atoms with Crippen molar-refractivity contribution in [2.75, 3.05) is 17.8 Å². The van der Waals surface area contributed by atoms with Gasteiger partial charge in [0, 0.05) is 17.8 Å². The first-order valence-corrected chi connectivity index (χ1v) is 9.70. The van der Waals surface area contributed by atoms with Gasteiger partial charge in [0.15, 0.2) is 5.96 Å². The van der Waals surface area contributed by atoms with E-state index in [4.69, 9.17) is 11.5 Å². The maximum absolute atomic E-state index is 12.5. The number of nitrogens with zero attached hydrogens (tertiary/aromatic N) is 1. The number of aryl methyl sites for hydroxylation is 2. The molecule has 1 amide bonds. The maximum atomic E-state index is 12.5. The molecule has 0 aliphatic heterocycles. The quantitative estimate of drug-likeness (QED) is 0.319. The topological polar surface area (TPSA) is 140 Å². The Balaban J connectivity index is 2.04. The van der Waals surface area contributed by atoms with E-state index >= 15 is 0 Å². The van der Waals surface area contributed by atoms with Crippen LogP contribution in [-0.4, -0.2) is 33.4 Å². The second kappa shape index (κ2) is 8.54. The van der Waals surface area contributed by atoms with E-state index in [0.29, 0.717) is 11.3 Å². The Hall–Kier alpha value is -3.07. The molecule has 0 atom stereocenters. The Morgan fingerprint density at radius 3 is 2.19 bits per heavy atom. The number of guanidine groups is 1. The largest absolute Gasteiger partial charge is 0.370 e. The van der Waals surface area contributed by atoms with Crippen molar-refractivity contribution >= 4 is 27.6 Å². The van der Waals surface area contributed by atoms with E-state index in [2.05, 4.69) is 15.0 Å². The minimum atomic E-state index is -3.71. The molecule has 2 rings (SSSR count). The zero-order valence-electron chi connectivity index (χ0n) is 15.2. The van der Waals surface area contributed by atoms with Gasteiger partial charge in [0.2, 0.25) is 0 Å². The van der Waals surface area contributed by atoms with Crippen molar-refractivity contribution in [3.63, 3.8) is 0 Å². The number of amides is 1. The van der Waals surface area contributed by atoms with Gasteiger partial charge in [-0.3, -0.25) is 14.5 Å². The Bertz CT molecular complexity index is 929. The zero-order chi connectivity index (χ0) is 20.0. The fraction of sp³-hybridized carbons (Fsp3) is 0.222. The smallest absolute Gasteiger partial charge is 0.261 e. The van der Waals surface area contributed by atoms with Gasteiger partial charge in [0.1, 0.15) is 0 Å². The molecule has 0 aromatic heterocycles. The molecule has 0 bridgehead atoms. The van der Waals surface area contributed by atoms with E-state index in [-0.39, 0.29) is 29.9 Å². The molecule has 0 radical (unpaired) electrons. The number of aliphatic imine (C=N–C) groups is 1. The average Bonchev–Trinajstić information content (AvgIpc) is 2.58. The summed E-state index contributed by atoms with van der Waals surface area (Å²) in [6.07, 6.45) is 0. The summed E-state index contributed by atoms with van der Waals surface area (Å²) in [5, 5.41) is 2.66. The summed E-state index contributed by atoms with van der Waals surface area (Å²) in [7, 11) is -3.71. The third-order valence-electron chi connectivity index (χ3n) is 3.60. The molecule has 0 fully saturated rings. The number of rotatable bonds is 7. The number of nitrogens with one attached hydrogen (secondary N) is 2. The Kier molecular flexibility index (Phi) is 6.40. The average molecular weight is 389 g/mol. The predicted molar refractivity (Wildman–Crippen MR) is 106 cm³/mol. The fourth-order valence-electron chi connectivity index (χ4n) is 2.45. The number of hydrogen-bond acceptors (Lipinski definition) is 4. The van der Waals surface area contributed by atoms with Crippen LogP contribution in [0.1, 0.15) is 21.5 Å². The second-order valence-corrected chi connectivity index (χ2v) is 7.75. The van der Waals surface area contributed by atoms with Crippen LogP contribution in [0.5, 0.6) is 0 Å². The van der Waals surface area contributed by atoms with Gasteiger partial charge in [-0.1, -0.05) is 6.07 Å². The summed E-state index contributed by atoms with van der Waals surface area (Å²) in [5.41, 5.74) is 12.9. The number of nitrogens with two attached hydrogens (primary N) is 2. The third kappa shape index (κ3) is 6.00. The lowest BCUT2D eigenvalue weighted by Crippen LogP contribution is -2.28. The summed E-state index contributed by atoms with van der Waals surface area (Å²) >= 11 is 0. The van der Waals surface area contributed by atoms with Crippen LogP contribution in [0.3, 0.4) is 0 Å². The Morgan fingerprint density at radius 1 is 1.04 bits per heavy atom. The molecule has 6 N–H and O–H groups in total. The number of sulfonamides is 1. The van der Waals surface area contributed by atoms with Gasteiger partial charge in [0.25, 0.3) is 15.9 Å². The minimum Gasteiger partial charge on any atom is -0.370 e. The molecule has 0 saturated carbocycles. The first kappa shape index (κ1) is 20.2. The molecule has 0 spiro atoms. The normalized spacial score (nSPS) is 10.9. The van der Waals surface area contributed by atoms with Crippen molar-refractivity contribution in [3.05, 3.63) is 59.2 Å². The third-order valence-corrected chi connectivity index (χ3v) is 4.96. The van der Waals surface area contributed by atoms with Gasteiger partial charge in [-0.05, 0) is 61.4 Å². The molecule has 0 heterocycles. The van der Waals surface area contributed by atoms with Gasteiger partial charge in [0.05, 0.1) is 11.4 Å². The fourth-order valence-corrected chi connectivity index (χ4v) is 3.69. The van der Waals surface area contributed by atoms with Crippen molar-refractivity contribution < 1.29 is 13.2 Å². The first-order chi connectivity index (χ1) is 12.7. The van der Waals surface area contributed by atoms with Crippen molar-refractivity contribution in [2.45, 2.75) is 18.7 Å². The van der Waals surface area contributed by atoms with Crippen LogP contribution in [-0.2, 0) is 10.0 Å². The van der Waals surface area contributed by atoms with Crippen LogP contribution in [0.4, 0.5) is 5.69 Å². The second-order valence-electron chi connectivity index (χ2n) is 6.07. The van der Waals surface area contributed by atoms with E-state index in [9.17, 15) is 13.2 Å². The molecule has 2 aromatic rings. The van der Waals surface area contributed by atoms with Gasteiger partial charge < -0.3 is 16.8 Å². The molecule has 9 heteroatoms. The van der Waals surface area contributed by atoms with E-state index in [0.717, 1.165) is 11.1 Å². The molecule has 0 saturated heterocycles. The highest BCUT2D eigenvalue weighted by Crippen LogP contribution is 2.19. The molecule has 8 nitrogen and oxygen atoms in total. The zero-order valence-corrected chi connectivity index (χ0v) is 16.0. The number of carbonyl (C=O) groups excluding carboxylic acids is 1. The van der Waals surface area contributed by atoms with Crippen molar-refractivity contribution in [1.82, 2.24) is 5.32 Å². The van der Waals surface area contributed by atoms with Gasteiger partial charge >= 0.3 is 0 Å². The van der Waals surface area contributed by atoms with Crippen LogP contribution in [0.2, 0.25) is 0 Å². The summed E-state index contributed by atoms with van der Waals surface area (Å²) in [4.78, 5) is 16.0. The molecule has 0 aliphatic rings. The van der Waals surface area contributed by atoms with E-state index in [1.165, 1.54) is 24.3 Å². The number of anilines is 1. The lowest BCUT2D eigenvalue weighted by Gasteiger charge is -2.10. The lowest BCUT2D eigenvalue weighted by molar-refractivity contribution is 0.0955. The SMILES string of the molecule is Cc1cc(C)cc(S(=O)(=O)Nc2ccc(C(=O)NCCN=C(N)N)cc2)c1. The number of carbonyl (C=O) groups is 1. The van der Waals surface area contributed by atoms with Crippen LogP contribution < -0.4 is 21.5 Å². The van der Waals surface area contributed by atoms with Crippen molar-refractivity contribution in [1.29, 1.82) is 0 Å². The summed E-state index contributed by atoms with van der Waals surface area (Å²) < 4.78 is 27.6. The molecular formula is C18H23N5O3S. The van der Waals surface area contributed by atoms with Gasteiger partial charge in [-0.15, -0.1) is 0 Å². The first-order valence-electron chi connectivity index (χ1n) is 8.22. The summed E-state index contributed by atoms with van der Waals surface area (Å²) in [5.74, 6) is -0.339. The predicted octanol–water partition coefficient (Wildman–Crippen LogP) is 1.11. The molecular weight excluding hydrogens is 366 g/mol. The molecule has 27 heavy (non-hydrogen) atoms. The van der Waals surface area contributed by atoms with E-state index in [1.54, 1.807) is 12.1 Å². The van der Waals surface area contributed by atoms with Crippen LogP contribution in [0.15, 0.2) is 52.4 Å². The minimum absolute atomic E-state index is 0.0373. The Labute approximate surface area is 158 Å². The van der Waals surface area contributed by atoms with Gasteiger partial charge in [-0.25, -0.2) is 8.42 Å². The van der Waals surface area contributed by atoms with Gasteiger partial charge in [-0.2, -0.15) is 0 Å². The lowest BCUT2D eigenvalue weighted by atomic mass is 10.2. The van der Waals surface area contributed by atoms with Crippen LogP contribution in [0, 0.1) is 13.8 Å². The van der Waals surface area contributed by atoms with E-state index in [1.807, 2.05) is 19.9 Å². The Morgan fingerprint density at radius 2 is 1.63 bits per heavy atom. The summed E-state index contributed by atoms with van der Waals surface area (Å²) in [6.45, 7) is 4.25. The standard InChI is InChI=1S/C18H23N5O3S/c1-12-9-13(2)11-16(10-12)27(25,26)23-15-5-3-14(4-6-15)17(24)21-7-8-22-18(19)20/h3-6,9-11,23H,7-8H2,1-2H3,(H,21,24)(H4,19,20,22). The summed E-state index contributed by atoms with van der Waals surface area (Å²) in [6, 6.07) is 11.3. The molecule has 2 aromatic carbocycles. The monoisotopic (exact) mass is 389 g/mol. The highest BCUT2D eigenvalue weighted by Gasteiger charge is 2.15.